The summed E-state index contributed by atoms with van der Waals surface area (Å²) in [6.07, 6.45) is 0. The van der Waals surface area contributed by atoms with Gasteiger partial charge in [-0.1, -0.05) is 0 Å². The van der Waals surface area contributed by atoms with Crippen LogP contribution in [0.15, 0.2) is 0 Å². The van der Waals surface area contributed by atoms with E-state index in [0.717, 1.165) is 0 Å². The van der Waals surface area contributed by atoms with Crippen LogP contribution in [0.25, 0.3) is 5.48 Å². The Balaban J connectivity index is 0. The second-order valence-electron chi connectivity index (χ2n) is 0.200. The molecule has 0 rings (SSSR count). The Bertz CT molecular complexity index is 8.00. The summed E-state index contributed by atoms with van der Waals surface area (Å²) in [7, 11) is 1.31. The molecule has 4 heavy (non-hydrogen) atoms. The molecule has 0 aromatic rings. The molecule has 0 aromatic heterocycles. The van der Waals surface area contributed by atoms with Crippen molar-refractivity contribution >= 4 is 0 Å². The van der Waals surface area contributed by atoms with Crippen LogP contribution in [0.1, 0.15) is 0 Å². The smallest absolute Gasteiger partial charge is 0.540 e. The fourth-order valence-corrected chi connectivity index (χ4v) is 0. The maximum Gasteiger partial charge on any atom is 1.00 e. The summed E-state index contributed by atoms with van der Waals surface area (Å²) in [6.45, 7) is 0. The molecule has 20 valence electrons. The van der Waals surface area contributed by atoms with Crippen molar-refractivity contribution in [3.05, 3.63) is 5.48 Å². The summed E-state index contributed by atoms with van der Waals surface area (Å²) in [5, 5.41) is 7.19. The predicted molar refractivity (Wildman–Crippen MR) is 11.1 cm³/mol. The van der Waals surface area contributed by atoms with Crippen molar-refractivity contribution in [3.8, 4) is 0 Å². The van der Waals surface area contributed by atoms with Crippen molar-refractivity contribution in [2.24, 2.45) is 0 Å². The van der Waals surface area contributed by atoms with Crippen LogP contribution >= 0.6 is 0 Å². The molecule has 2 nitrogen and oxygen atoms in total. The minimum absolute atomic E-state index is 0. The molecule has 0 aromatic carbocycles. The third-order valence-electron chi connectivity index (χ3n) is 0. The van der Waals surface area contributed by atoms with E-state index in [1.807, 2.05) is 0 Å². The van der Waals surface area contributed by atoms with Gasteiger partial charge >= 0.3 is 29.6 Å². The molecule has 3 heteroatoms. The van der Waals surface area contributed by atoms with Crippen molar-refractivity contribution in [2.45, 2.75) is 0 Å². The van der Waals surface area contributed by atoms with Gasteiger partial charge in [-0.25, -0.2) is 0 Å². The molecule has 0 heterocycles. The summed E-state index contributed by atoms with van der Waals surface area (Å²) >= 11 is 0. The third-order valence-corrected chi connectivity index (χ3v) is 0. The van der Waals surface area contributed by atoms with Gasteiger partial charge in [0, 0.05) is 0 Å². The van der Waals surface area contributed by atoms with E-state index in [0.29, 0.717) is 0 Å². The number of nitrogens with zero attached hydrogens (tertiary/aromatic N) is 1. The molecule has 0 saturated heterocycles. The first kappa shape index (κ1) is 8.87. The molecular formula is CH4NNaO. The quantitative estimate of drug-likeness (QED) is 0.245. The van der Waals surface area contributed by atoms with Crippen LogP contribution in [-0.4, -0.2) is 12.3 Å². The van der Waals surface area contributed by atoms with Gasteiger partial charge in [0.05, 0.1) is 0 Å². The molecule has 1 N–H and O–H groups in total. The van der Waals surface area contributed by atoms with Crippen molar-refractivity contribution < 1.29 is 34.8 Å². The monoisotopic (exact) mass is 69.0 g/mol. The van der Waals surface area contributed by atoms with E-state index >= 15 is 0 Å². The standard InChI is InChI=1S/CH4NO.Na/c1-2-3;/h3H,1H3;/q-1;+1. The van der Waals surface area contributed by atoms with E-state index in [4.69, 9.17) is 5.21 Å². The summed E-state index contributed by atoms with van der Waals surface area (Å²) in [4.78, 5) is 0. The van der Waals surface area contributed by atoms with Gasteiger partial charge < -0.3 is 10.7 Å². The first-order valence-corrected chi connectivity index (χ1v) is 0.647. The number of hydrogen-bond acceptors (Lipinski definition) is 1. The van der Waals surface area contributed by atoms with E-state index < -0.39 is 0 Å². The van der Waals surface area contributed by atoms with Gasteiger partial charge in [0.1, 0.15) is 0 Å². The predicted octanol–water partition coefficient (Wildman–Crippen LogP) is -2.62. The zero-order chi connectivity index (χ0) is 2.71. The normalized spacial score (nSPS) is 4.50. The van der Waals surface area contributed by atoms with Crippen LogP contribution in [-0.2, 0) is 0 Å². The number of rotatable bonds is 0. The van der Waals surface area contributed by atoms with Gasteiger partial charge in [-0.15, -0.1) is 7.05 Å². The van der Waals surface area contributed by atoms with Crippen LogP contribution in [0.2, 0.25) is 0 Å². The molecular weight excluding hydrogens is 65.0 g/mol. The Morgan fingerprint density at radius 3 is 1.75 bits per heavy atom. The second kappa shape index (κ2) is 9.07. The summed E-state index contributed by atoms with van der Waals surface area (Å²) in [5.41, 5.74) is 2.50. The second-order valence-corrected chi connectivity index (χ2v) is 0.200. The fourth-order valence-electron chi connectivity index (χ4n) is 0. The number of hydrogen-bond donors (Lipinski definition) is 1. The molecule has 0 saturated carbocycles. The largest absolute Gasteiger partial charge is 1.00 e. The Kier molecular flexibility index (Phi) is 20.1. The summed E-state index contributed by atoms with van der Waals surface area (Å²) < 4.78 is 0. The maximum atomic E-state index is 7.19. The molecule has 0 aliphatic heterocycles. The zero-order valence-corrected chi connectivity index (χ0v) is 4.89. The molecule has 0 spiro atoms. The Labute approximate surface area is 47.5 Å². The van der Waals surface area contributed by atoms with Crippen molar-refractivity contribution in [1.29, 1.82) is 0 Å². The van der Waals surface area contributed by atoms with E-state index in [1.165, 1.54) is 7.05 Å². The van der Waals surface area contributed by atoms with E-state index in [-0.39, 0.29) is 29.6 Å². The van der Waals surface area contributed by atoms with Crippen molar-refractivity contribution in [3.63, 3.8) is 0 Å². The van der Waals surface area contributed by atoms with Crippen LogP contribution in [0.4, 0.5) is 0 Å². The van der Waals surface area contributed by atoms with Gasteiger partial charge in [0.25, 0.3) is 0 Å². The minimum Gasteiger partial charge on any atom is -0.540 e. The molecule has 0 radical (unpaired) electrons. The molecule has 0 atom stereocenters. The maximum absolute atomic E-state index is 7.19. The topological polar surface area (TPSA) is 34.3 Å². The molecule has 0 fully saturated rings. The van der Waals surface area contributed by atoms with Crippen LogP contribution in [0.5, 0.6) is 0 Å². The average molecular weight is 69.0 g/mol. The fraction of sp³-hybridized carbons (Fsp3) is 1.00. The first-order valence-electron chi connectivity index (χ1n) is 0.647. The van der Waals surface area contributed by atoms with Gasteiger partial charge in [-0.2, -0.15) is 0 Å². The van der Waals surface area contributed by atoms with E-state index in [2.05, 4.69) is 5.48 Å². The van der Waals surface area contributed by atoms with Crippen LogP contribution in [0, 0.1) is 0 Å². The van der Waals surface area contributed by atoms with Gasteiger partial charge in [0.2, 0.25) is 0 Å². The van der Waals surface area contributed by atoms with Crippen molar-refractivity contribution in [2.75, 3.05) is 7.05 Å². The molecule has 0 bridgehead atoms. The molecule has 0 aliphatic rings. The summed E-state index contributed by atoms with van der Waals surface area (Å²) in [6, 6.07) is 0. The minimum atomic E-state index is 0. The molecule has 0 amide bonds. The van der Waals surface area contributed by atoms with E-state index in [9.17, 15) is 0 Å². The van der Waals surface area contributed by atoms with Crippen molar-refractivity contribution in [1.82, 2.24) is 0 Å². The van der Waals surface area contributed by atoms with Gasteiger partial charge in [0.15, 0.2) is 0 Å². The van der Waals surface area contributed by atoms with E-state index in [1.54, 1.807) is 0 Å². The first-order chi connectivity index (χ1) is 1.41. The zero-order valence-electron chi connectivity index (χ0n) is 2.89. The third kappa shape index (κ3) is 12.7. The Morgan fingerprint density at radius 2 is 1.75 bits per heavy atom. The summed E-state index contributed by atoms with van der Waals surface area (Å²) in [5.74, 6) is 0. The molecule has 0 aliphatic carbocycles. The van der Waals surface area contributed by atoms with Crippen LogP contribution < -0.4 is 29.6 Å². The molecule has 0 unspecified atom stereocenters. The number of hydroxylamine groups is 1. The van der Waals surface area contributed by atoms with Crippen LogP contribution in [0.3, 0.4) is 0 Å². The Hall–Kier alpha value is 0.920. The van der Waals surface area contributed by atoms with Gasteiger partial charge in [-0.3, -0.25) is 0 Å². The Morgan fingerprint density at radius 1 is 1.75 bits per heavy atom. The SMILES string of the molecule is C[N-]O.[Na+]. The average Bonchev–Trinajstić information content (AvgIpc) is 0.918. The van der Waals surface area contributed by atoms with Gasteiger partial charge in [-0.05, 0) is 0 Å².